The van der Waals surface area contributed by atoms with Gasteiger partial charge in [0.15, 0.2) is 5.65 Å². The van der Waals surface area contributed by atoms with Gasteiger partial charge in [-0.25, -0.2) is 0 Å². The van der Waals surface area contributed by atoms with E-state index in [1.54, 1.807) is 10.8 Å². The average Bonchev–Trinajstić information content (AvgIpc) is 3.43. The molecule has 1 N–H and O–H groups in total. The lowest BCUT2D eigenvalue weighted by molar-refractivity contribution is 0.0932. The Bertz CT molecular complexity index is 981. The summed E-state index contributed by atoms with van der Waals surface area (Å²) in [6, 6.07) is 7.59. The fraction of sp³-hybridized carbons (Fsp3) is 0.444. The van der Waals surface area contributed by atoms with Crippen molar-refractivity contribution < 1.29 is 9.53 Å². The fourth-order valence-corrected chi connectivity index (χ4v) is 4.09. The molecule has 2 fully saturated rings. The van der Waals surface area contributed by atoms with Gasteiger partial charge in [-0.3, -0.25) is 4.79 Å². The Balaban J connectivity index is 1.24. The Hall–Kier alpha value is -2.94. The summed E-state index contributed by atoms with van der Waals surface area (Å²) in [6.07, 6.45) is 3.66. The third kappa shape index (κ3) is 2.84. The number of carbonyl (C=O) groups is 1. The number of ether oxygens (including phenoxy) is 1. The summed E-state index contributed by atoms with van der Waals surface area (Å²) < 4.78 is 9.51. The van der Waals surface area contributed by atoms with Crippen molar-refractivity contribution in [1.82, 2.24) is 29.7 Å². The van der Waals surface area contributed by atoms with Gasteiger partial charge >= 0.3 is 0 Å². The number of nitrogens with one attached hydrogen (secondary N) is 1. The zero-order chi connectivity index (χ0) is 18.4. The Labute approximate surface area is 155 Å². The van der Waals surface area contributed by atoms with Crippen LogP contribution in [0.1, 0.15) is 10.5 Å². The number of hydrogen-bond donors (Lipinski definition) is 1. The van der Waals surface area contributed by atoms with Crippen molar-refractivity contribution in [1.29, 1.82) is 0 Å². The van der Waals surface area contributed by atoms with E-state index in [0.717, 1.165) is 24.6 Å². The van der Waals surface area contributed by atoms with E-state index in [1.165, 1.54) is 0 Å². The van der Waals surface area contributed by atoms with Gasteiger partial charge in [0.2, 0.25) is 0 Å². The smallest absolute Gasteiger partial charge is 0.267 e. The van der Waals surface area contributed by atoms with Gasteiger partial charge in [-0.2, -0.15) is 4.52 Å². The molecule has 5 heterocycles. The van der Waals surface area contributed by atoms with Gasteiger partial charge in [0.05, 0.1) is 12.7 Å². The molecule has 2 aliphatic rings. The van der Waals surface area contributed by atoms with Crippen LogP contribution < -0.4 is 10.2 Å². The Kier molecular flexibility index (Phi) is 3.82. The molecule has 2 aliphatic heterocycles. The van der Waals surface area contributed by atoms with Crippen molar-refractivity contribution in [2.75, 3.05) is 31.1 Å². The second-order valence-corrected chi connectivity index (χ2v) is 7.24. The molecule has 0 aromatic carbocycles. The number of amides is 1. The second kappa shape index (κ2) is 6.34. The van der Waals surface area contributed by atoms with Crippen molar-refractivity contribution in [3.8, 4) is 0 Å². The van der Waals surface area contributed by atoms with Gasteiger partial charge in [-0.1, -0.05) is 0 Å². The minimum Gasteiger partial charge on any atom is -0.376 e. The monoisotopic (exact) mass is 367 g/mol. The molecular weight excluding hydrogens is 346 g/mol. The first-order valence-electron chi connectivity index (χ1n) is 9.12. The first-order chi connectivity index (χ1) is 13.2. The number of rotatable bonds is 4. The second-order valence-electron chi connectivity index (χ2n) is 7.24. The number of fused-ring (bicyclic) bond motifs is 2. The zero-order valence-electron chi connectivity index (χ0n) is 15.0. The van der Waals surface area contributed by atoms with Gasteiger partial charge < -0.3 is 19.5 Å². The van der Waals surface area contributed by atoms with Gasteiger partial charge in [-0.15, -0.1) is 15.3 Å². The summed E-state index contributed by atoms with van der Waals surface area (Å²) in [4.78, 5) is 14.6. The molecule has 3 aromatic heterocycles. The summed E-state index contributed by atoms with van der Waals surface area (Å²) in [5, 5.41) is 15.5. The van der Waals surface area contributed by atoms with Crippen LogP contribution in [0, 0.1) is 11.8 Å². The maximum atomic E-state index is 12.4. The van der Waals surface area contributed by atoms with Crippen molar-refractivity contribution in [3.05, 3.63) is 42.5 Å². The summed E-state index contributed by atoms with van der Waals surface area (Å²) >= 11 is 0. The van der Waals surface area contributed by atoms with Crippen LogP contribution in [0.5, 0.6) is 0 Å². The number of hydrogen-bond acceptors (Lipinski definition) is 6. The molecule has 3 atom stereocenters. The average molecular weight is 367 g/mol. The van der Waals surface area contributed by atoms with Gasteiger partial charge in [0, 0.05) is 44.7 Å². The maximum absolute atomic E-state index is 12.4. The van der Waals surface area contributed by atoms with Crippen LogP contribution in [-0.2, 0) is 11.8 Å². The third-order valence-electron chi connectivity index (χ3n) is 5.61. The molecule has 0 unspecified atom stereocenters. The Morgan fingerprint density at radius 1 is 1.33 bits per heavy atom. The molecular formula is C18H21N7O2. The number of aromatic nitrogens is 5. The molecule has 0 saturated carbocycles. The quantitative estimate of drug-likeness (QED) is 0.715. The molecule has 9 heteroatoms. The number of nitrogens with zero attached hydrogens (tertiary/aromatic N) is 6. The van der Waals surface area contributed by atoms with E-state index in [-0.39, 0.29) is 12.0 Å². The first kappa shape index (κ1) is 16.2. The van der Waals surface area contributed by atoms with E-state index in [0.29, 0.717) is 30.7 Å². The summed E-state index contributed by atoms with van der Waals surface area (Å²) in [5.41, 5.74) is 1.40. The van der Waals surface area contributed by atoms with E-state index in [2.05, 4.69) is 25.5 Å². The summed E-state index contributed by atoms with van der Waals surface area (Å²) in [7, 11) is 1.87. The lowest BCUT2D eigenvalue weighted by atomic mass is 9.93. The minimum atomic E-state index is -0.0412. The lowest BCUT2D eigenvalue weighted by Crippen LogP contribution is -2.35. The lowest BCUT2D eigenvalue weighted by Gasteiger charge is -2.20. The van der Waals surface area contributed by atoms with E-state index in [1.807, 2.05) is 42.1 Å². The van der Waals surface area contributed by atoms with E-state index in [4.69, 9.17) is 4.74 Å². The largest absolute Gasteiger partial charge is 0.376 e. The molecule has 3 aromatic rings. The molecule has 1 amide bonds. The standard InChI is InChI=1S/C18H21N7O2/c1-23-6-2-3-14(23)18(26)19-7-12-10-27-15-9-24(8-13(12)15)17-5-4-16-21-20-11-25(16)22-17/h2-6,11-13,15H,7-10H2,1H3,(H,19,26)/t12-,13+,15+/m0/s1. The van der Waals surface area contributed by atoms with Crippen LogP contribution in [0.25, 0.3) is 5.65 Å². The maximum Gasteiger partial charge on any atom is 0.267 e. The van der Waals surface area contributed by atoms with Crippen LogP contribution in [0.15, 0.2) is 36.8 Å². The minimum absolute atomic E-state index is 0.0412. The van der Waals surface area contributed by atoms with Crippen LogP contribution in [0.2, 0.25) is 0 Å². The Morgan fingerprint density at radius 2 is 2.26 bits per heavy atom. The highest BCUT2D eigenvalue weighted by Gasteiger charge is 2.44. The number of anilines is 1. The van der Waals surface area contributed by atoms with Crippen molar-refractivity contribution in [2.45, 2.75) is 6.10 Å². The van der Waals surface area contributed by atoms with Crippen LogP contribution in [-0.4, -0.2) is 62.6 Å². The number of carbonyl (C=O) groups excluding carboxylic acids is 1. The molecule has 5 rings (SSSR count). The molecule has 0 radical (unpaired) electrons. The van der Waals surface area contributed by atoms with Crippen LogP contribution in [0.3, 0.4) is 0 Å². The fourth-order valence-electron chi connectivity index (χ4n) is 4.09. The topological polar surface area (TPSA) is 89.6 Å². The van der Waals surface area contributed by atoms with E-state index < -0.39 is 0 Å². The number of aryl methyl sites for hydroxylation is 1. The highest BCUT2D eigenvalue weighted by atomic mass is 16.5. The normalized spacial score (nSPS) is 24.5. The van der Waals surface area contributed by atoms with Crippen LogP contribution in [0.4, 0.5) is 5.82 Å². The van der Waals surface area contributed by atoms with Gasteiger partial charge in [-0.05, 0) is 24.3 Å². The molecule has 140 valence electrons. The van der Waals surface area contributed by atoms with Crippen molar-refractivity contribution in [2.24, 2.45) is 18.9 Å². The van der Waals surface area contributed by atoms with Crippen molar-refractivity contribution in [3.63, 3.8) is 0 Å². The summed E-state index contributed by atoms with van der Waals surface area (Å²) in [5.74, 6) is 1.55. The Morgan fingerprint density at radius 3 is 3.11 bits per heavy atom. The van der Waals surface area contributed by atoms with Gasteiger partial charge in [0.25, 0.3) is 5.91 Å². The highest BCUT2D eigenvalue weighted by Crippen LogP contribution is 2.35. The molecule has 2 saturated heterocycles. The molecule has 0 bridgehead atoms. The molecule has 27 heavy (non-hydrogen) atoms. The third-order valence-corrected chi connectivity index (χ3v) is 5.61. The zero-order valence-corrected chi connectivity index (χ0v) is 15.0. The SMILES string of the molecule is Cn1cccc1C(=O)NC[C@H]1CO[C@@H]2CN(c3ccc4nncn4n3)C[C@H]12. The van der Waals surface area contributed by atoms with E-state index in [9.17, 15) is 4.79 Å². The first-order valence-corrected chi connectivity index (χ1v) is 9.12. The predicted octanol–water partition coefficient (Wildman–Crippen LogP) is 0.344. The molecule has 0 aliphatic carbocycles. The van der Waals surface area contributed by atoms with Crippen molar-refractivity contribution >= 4 is 17.4 Å². The van der Waals surface area contributed by atoms with E-state index >= 15 is 0 Å². The summed E-state index contributed by atoms with van der Waals surface area (Å²) in [6.45, 7) is 3.00. The van der Waals surface area contributed by atoms with Gasteiger partial charge in [0.1, 0.15) is 17.8 Å². The predicted molar refractivity (Wildman–Crippen MR) is 97.5 cm³/mol. The molecule has 0 spiro atoms. The van der Waals surface area contributed by atoms with Crippen LogP contribution >= 0.6 is 0 Å². The molecule has 9 nitrogen and oxygen atoms in total. The highest BCUT2D eigenvalue weighted by molar-refractivity contribution is 5.92.